The lowest BCUT2D eigenvalue weighted by Gasteiger charge is -2.24. The number of rotatable bonds is 15. The van der Waals surface area contributed by atoms with Gasteiger partial charge in [-0.3, -0.25) is 9.59 Å². The van der Waals surface area contributed by atoms with Crippen molar-refractivity contribution < 1.29 is 38.0 Å². The van der Waals surface area contributed by atoms with Gasteiger partial charge in [0.25, 0.3) is 0 Å². The Bertz CT molecular complexity index is 1390. The summed E-state index contributed by atoms with van der Waals surface area (Å²) in [7, 11) is 5.74. The number of methoxy groups -OCH3 is 4. The third-order valence-corrected chi connectivity index (χ3v) is 7.34. The number of esters is 2. The van der Waals surface area contributed by atoms with Gasteiger partial charge in [0.05, 0.1) is 40.3 Å². The van der Waals surface area contributed by atoms with Crippen molar-refractivity contribution in [3.63, 3.8) is 0 Å². The van der Waals surface area contributed by atoms with Gasteiger partial charge in [0, 0.05) is 0 Å². The molecule has 0 bridgehead atoms. The number of ether oxygens (including phenoxy) is 6. The maximum atomic E-state index is 13.1. The van der Waals surface area contributed by atoms with Crippen molar-refractivity contribution in [1.82, 2.24) is 0 Å². The summed E-state index contributed by atoms with van der Waals surface area (Å²) in [4.78, 5) is 26.2. The molecule has 8 nitrogen and oxygen atoms in total. The maximum Gasteiger partial charge on any atom is 0.309 e. The van der Waals surface area contributed by atoms with Gasteiger partial charge in [-0.1, -0.05) is 72.8 Å². The van der Waals surface area contributed by atoms with E-state index in [9.17, 15) is 9.59 Å². The Kier molecular flexibility index (Phi) is 11.6. The summed E-state index contributed by atoms with van der Waals surface area (Å²) in [5.41, 5.74) is 3.61. The average Bonchev–Trinajstić information content (AvgIpc) is 3.08. The highest BCUT2D eigenvalue weighted by atomic mass is 16.5. The molecule has 0 fully saturated rings. The lowest BCUT2D eigenvalue weighted by molar-refractivity contribution is -0.157. The van der Waals surface area contributed by atoms with Crippen LogP contribution in [-0.4, -0.2) is 40.4 Å². The van der Waals surface area contributed by atoms with E-state index in [1.54, 1.807) is 26.4 Å². The molecule has 2 unspecified atom stereocenters. The molecule has 0 saturated carbocycles. The molecule has 4 rings (SSSR count). The zero-order chi connectivity index (χ0) is 31.3. The average molecular weight is 599 g/mol. The fraction of sp³-hybridized carbons (Fsp3) is 0.278. The fourth-order valence-corrected chi connectivity index (χ4v) is 4.98. The summed E-state index contributed by atoms with van der Waals surface area (Å²) in [6.07, 6.45) is 0.439. The van der Waals surface area contributed by atoms with Crippen molar-refractivity contribution in [2.24, 2.45) is 11.8 Å². The number of carbonyl (C=O) groups is 2. The van der Waals surface area contributed by atoms with E-state index in [4.69, 9.17) is 28.4 Å². The van der Waals surface area contributed by atoms with Gasteiger partial charge >= 0.3 is 11.9 Å². The number of benzene rings is 4. The highest BCUT2D eigenvalue weighted by Crippen LogP contribution is 2.34. The minimum atomic E-state index is -0.826. The second-order valence-electron chi connectivity index (χ2n) is 10.2. The Morgan fingerprint density at radius 2 is 0.886 bits per heavy atom. The third-order valence-electron chi connectivity index (χ3n) is 7.34. The first-order chi connectivity index (χ1) is 21.4. The molecule has 0 aliphatic heterocycles. The predicted molar refractivity (Wildman–Crippen MR) is 166 cm³/mol. The predicted octanol–water partition coefficient (Wildman–Crippen LogP) is 6.23. The number of carbonyl (C=O) groups excluding carboxylic acids is 2. The van der Waals surface area contributed by atoms with Gasteiger partial charge in [0.1, 0.15) is 13.2 Å². The Morgan fingerprint density at radius 1 is 0.500 bits per heavy atom. The Balaban J connectivity index is 1.53. The molecular formula is C36H38O8. The van der Waals surface area contributed by atoms with Crippen LogP contribution in [0.3, 0.4) is 0 Å². The molecule has 0 spiro atoms. The first-order valence-electron chi connectivity index (χ1n) is 14.3. The summed E-state index contributed by atoms with van der Waals surface area (Å²) < 4.78 is 33.5. The summed E-state index contributed by atoms with van der Waals surface area (Å²) in [6, 6.07) is 30.6. The van der Waals surface area contributed by atoms with Crippen molar-refractivity contribution >= 4 is 11.9 Å². The van der Waals surface area contributed by atoms with Gasteiger partial charge in [-0.15, -0.1) is 0 Å². The molecular weight excluding hydrogens is 560 g/mol. The van der Waals surface area contributed by atoms with E-state index in [0.29, 0.717) is 36.2 Å². The largest absolute Gasteiger partial charge is 0.493 e. The summed E-state index contributed by atoms with van der Waals surface area (Å²) in [6.45, 7) is 0.761. The van der Waals surface area contributed by atoms with Gasteiger partial charge in [0.15, 0.2) is 23.0 Å². The molecule has 4 aromatic rings. The summed E-state index contributed by atoms with van der Waals surface area (Å²) in [5.74, 6) is -0.500. The van der Waals surface area contributed by atoms with Crippen LogP contribution in [0.15, 0.2) is 97.1 Å². The normalized spacial score (nSPS) is 12.0. The lowest BCUT2D eigenvalue weighted by Crippen LogP contribution is -2.34. The van der Waals surface area contributed by atoms with Crippen LogP contribution in [0, 0.1) is 11.8 Å². The maximum absolute atomic E-state index is 13.1. The first kappa shape index (κ1) is 31.9. The standard InChI is InChI=1S/C36H38O8/c1-39-33-21-27(15-17-31(33)43-23-25-11-7-5-8-12-25)19-29(35(37)41-3)30(36(38)42-4)20-28-16-18-32(34(22-28)40-2)44-24-26-13-9-6-10-14-26/h5-18,21-22,29-30H,19-20,23-24H2,1-4H3. The fourth-order valence-electron chi connectivity index (χ4n) is 4.98. The van der Waals surface area contributed by atoms with E-state index in [1.165, 1.54) is 14.2 Å². The Morgan fingerprint density at radius 3 is 1.23 bits per heavy atom. The summed E-state index contributed by atoms with van der Waals surface area (Å²) >= 11 is 0. The number of hydrogen-bond donors (Lipinski definition) is 0. The molecule has 0 heterocycles. The molecule has 0 amide bonds. The molecule has 8 heteroatoms. The number of hydrogen-bond acceptors (Lipinski definition) is 8. The third kappa shape index (κ3) is 8.53. The monoisotopic (exact) mass is 598 g/mol. The van der Waals surface area contributed by atoms with Crippen LogP contribution in [0.5, 0.6) is 23.0 Å². The smallest absolute Gasteiger partial charge is 0.309 e. The van der Waals surface area contributed by atoms with Crippen molar-refractivity contribution in [3.05, 3.63) is 119 Å². The van der Waals surface area contributed by atoms with Crippen LogP contribution in [0.2, 0.25) is 0 Å². The first-order valence-corrected chi connectivity index (χ1v) is 14.3. The van der Waals surface area contributed by atoms with Crippen molar-refractivity contribution in [3.8, 4) is 23.0 Å². The molecule has 0 aliphatic carbocycles. The second kappa shape index (κ2) is 16.0. The zero-order valence-electron chi connectivity index (χ0n) is 25.5. The molecule has 0 aliphatic rings. The van der Waals surface area contributed by atoms with Gasteiger partial charge in [0.2, 0.25) is 0 Å². The molecule has 4 aromatic carbocycles. The van der Waals surface area contributed by atoms with E-state index in [2.05, 4.69) is 0 Å². The van der Waals surface area contributed by atoms with E-state index >= 15 is 0 Å². The summed E-state index contributed by atoms with van der Waals surface area (Å²) in [5, 5.41) is 0. The molecule has 44 heavy (non-hydrogen) atoms. The topological polar surface area (TPSA) is 89.5 Å². The van der Waals surface area contributed by atoms with E-state index < -0.39 is 23.8 Å². The van der Waals surface area contributed by atoms with Crippen LogP contribution in [0.4, 0.5) is 0 Å². The van der Waals surface area contributed by atoms with Gasteiger partial charge in [-0.05, 0) is 59.4 Å². The molecule has 0 aromatic heterocycles. The Labute approximate surface area is 258 Å². The van der Waals surface area contributed by atoms with Crippen LogP contribution in [0.25, 0.3) is 0 Å². The van der Waals surface area contributed by atoms with Gasteiger partial charge in [-0.2, -0.15) is 0 Å². The highest BCUT2D eigenvalue weighted by Gasteiger charge is 2.36. The van der Waals surface area contributed by atoms with Crippen LogP contribution in [-0.2, 0) is 45.1 Å². The highest BCUT2D eigenvalue weighted by molar-refractivity contribution is 5.82. The van der Waals surface area contributed by atoms with Gasteiger partial charge < -0.3 is 28.4 Å². The van der Waals surface area contributed by atoms with Crippen LogP contribution < -0.4 is 18.9 Å². The van der Waals surface area contributed by atoms with Crippen LogP contribution >= 0.6 is 0 Å². The molecule has 2 atom stereocenters. The SMILES string of the molecule is COC(=O)C(Cc1ccc(OCc2ccccc2)c(OC)c1)C(Cc1ccc(OCc2ccccc2)c(OC)c1)C(=O)OC. The molecule has 0 saturated heterocycles. The van der Waals surface area contributed by atoms with Crippen LogP contribution in [0.1, 0.15) is 22.3 Å². The van der Waals surface area contributed by atoms with Crippen molar-refractivity contribution in [2.45, 2.75) is 26.1 Å². The Hall–Kier alpha value is -4.98. The van der Waals surface area contributed by atoms with Crippen molar-refractivity contribution in [1.29, 1.82) is 0 Å². The molecule has 0 N–H and O–H groups in total. The van der Waals surface area contributed by atoms with Gasteiger partial charge in [-0.25, -0.2) is 0 Å². The second-order valence-corrected chi connectivity index (χ2v) is 10.2. The lowest BCUT2D eigenvalue weighted by atomic mass is 9.82. The van der Waals surface area contributed by atoms with E-state index in [0.717, 1.165) is 22.3 Å². The molecule has 0 radical (unpaired) electrons. The molecule has 230 valence electrons. The minimum Gasteiger partial charge on any atom is -0.493 e. The van der Waals surface area contributed by atoms with Crippen molar-refractivity contribution in [2.75, 3.05) is 28.4 Å². The minimum absolute atomic E-state index is 0.219. The zero-order valence-corrected chi connectivity index (χ0v) is 25.5. The quantitative estimate of drug-likeness (QED) is 0.149. The van der Waals surface area contributed by atoms with E-state index in [-0.39, 0.29) is 12.8 Å². The van der Waals surface area contributed by atoms with E-state index in [1.807, 2.05) is 84.9 Å².